The molecule has 0 unspecified atom stereocenters. The normalized spacial score (nSPS) is 10.1. The molecule has 3 heteroatoms. The number of benzene rings is 1. The van der Waals surface area contributed by atoms with E-state index in [1.165, 1.54) is 0 Å². The number of aliphatic hydroxyl groups excluding tert-OH is 1. The third kappa shape index (κ3) is 4.11. The molecule has 0 amide bonds. The Bertz CT molecular complexity index is 372. The van der Waals surface area contributed by atoms with Crippen molar-refractivity contribution in [2.45, 2.75) is 26.9 Å². The summed E-state index contributed by atoms with van der Waals surface area (Å²) in [5.74, 6) is 1.36. The van der Waals surface area contributed by atoms with Crippen LogP contribution in [0.3, 0.4) is 0 Å². The van der Waals surface area contributed by atoms with Gasteiger partial charge in [-0.05, 0) is 36.6 Å². The second-order valence-corrected chi connectivity index (χ2v) is 3.76. The van der Waals surface area contributed by atoms with Crippen molar-refractivity contribution >= 4 is 0 Å². The van der Waals surface area contributed by atoms with E-state index in [1.54, 1.807) is 6.07 Å². The van der Waals surface area contributed by atoms with Crippen LogP contribution in [0.5, 0.6) is 11.5 Å². The predicted octanol–water partition coefficient (Wildman–Crippen LogP) is 2.92. The summed E-state index contributed by atoms with van der Waals surface area (Å²) in [7, 11) is 0. The molecule has 94 valence electrons. The van der Waals surface area contributed by atoms with Crippen LogP contribution in [0.25, 0.3) is 0 Å². The van der Waals surface area contributed by atoms with Gasteiger partial charge in [0.05, 0.1) is 13.2 Å². The average molecular weight is 236 g/mol. The molecule has 0 aliphatic heterocycles. The van der Waals surface area contributed by atoms with E-state index in [0.29, 0.717) is 24.7 Å². The first kappa shape index (κ1) is 13.6. The number of ether oxygens (including phenoxy) is 2. The second-order valence-electron chi connectivity index (χ2n) is 3.76. The molecule has 0 aliphatic rings. The van der Waals surface area contributed by atoms with E-state index < -0.39 is 0 Å². The van der Waals surface area contributed by atoms with Crippen LogP contribution in [0.4, 0.5) is 0 Å². The molecule has 3 nitrogen and oxygen atoms in total. The van der Waals surface area contributed by atoms with Crippen molar-refractivity contribution in [1.82, 2.24) is 0 Å². The molecule has 0 radical (unpaired) electrons. The standard InChI is InChI=1S/C14H20O3/c1-4-11(3)10-17-13-7-6-12(9-15)8-14(13)16-5-2/h6-8,15H,3-5,9-10H2,1-2H3. The Kier molecular flexibility index (Phi) is 5.57. The van der Waals surface area contributed by atoms with Gasteiger partial charge in [-0.3, -0.25) is 0 Å². The van der Waals surface area contributed by atoms with Crippen molar-refractivity contribution in [3.05, 3.63) is 35.9 Å². The Labute approximate surface area is 103 Å². The third-order valence-corrected chi connectivity index (χ3v) is 2.42. The maximum atomic E-state index is 9.07. The summed E-state index contributed by atoms with van der Waals surface area (Å²) in [6.07, 6.45) is 0.901. The van der Waals surface area contributed by atoms with E-state index in [2.05, 4.69) is 6.58 Å². The highest BCUT2D eigenvalue weighted by molar-refractivity contribution is 5.43. The fourth-order valence-electron chi connectivity index (χ4n) is 1.32. The number of hydrogen-bond donors (Lipinski definition) is 1. The first-order valence-electron chi connectivity index (χ1n) is 5.87. The van der Waals surface area contributed by atoms with Crippen LogP contribution in [0, 0.1) is 0 Å². The lowest BCUT2D eigenvalue weighted by Gasteiger charge is -2.13. The number of hydrogen-bond acceptors (Lipinski definition) is 3. The van der Waals surface area contributed by atoms with E-state index in [9.17, 15) is 0 Å². The molecule has 0 spiro atoms. The van der Waals surface area contributed by atoms with Gasteiger partial charge in [-0.25, -0.2) is 0 Å². The Morgan fingerprint density at radius 2 is 2.00 bits per heavy atom. The van der Waals surface area contributed by atoms with Crippen LogP contribution in [0.2, 0.25) is 0 Å². The molecule has 1 aromatic rings. The molecule has 17 heavy (non-hydrogen) atoms. The van der Waals surface area contributed by atoms with Crippen LogP contribution in [-0.4, -0.2) is 18.3 Å². The molecule has 1 aromatic carbocycles. The quantitative estimate of drug-likeness (QED) is 0.740. The minimum atomic E-state index is 0.00201. The highest BCUT2D eigenvalue weighted by atomic mass is 16.5. The molecule has 0 fully saturated rings. The Balaban J connectivity index is 2.78. The zero-order valence-corrected chi connectivity index (χ0v) is 10.5. The van der Waals surface area contributed by atoms with Crippen molar-refractivity contribution in [3.8, 4) is 11.5 Å². The summed E-state index contributed by atoms with van der Waals surface area (Å²) in [6, 6.07) is 5.44. The highest BCUT2D eigenvalue weighted by Gasteiger charge is 2.06. The zero-order chi connectivity index (χ0) is 12.7. The first-order valence-corrected chi connectivity index (χ1v) is 5.87. The lowest BCUT2D eigenvalue weighted by molar-refractivity contribution is 0.275. The second kappa shape index (κ2) is 6.97. The maximum Gasteiger partial charge on any atom is 0.161 e. The van der Waals surface area contributed by atoms with Gasteiger partial charge in [0.1, 0.15) is 6.61 Å². The van der Waals surface area contributed by atoms with Crippen LogP contribution in [0.15, 0.2) is 30.4 Å². The molecule has 0 bridgehead atoms. The monoisotopic (exact) mass is 236 g/mol. The Morgan fingerprint density at radius 1 is 1.24 bits per heavy atom. The molecule has 0 aromatic heterocycles. The SMILES string of the molecule is C=C(CC)COc1ccc(CO)cc1OCC. The van der Waals surface area contributed by atoms with Crippen molar-refractivity contribution < 1.29 is 14.6 Å². The van der Waals surface area contributed by atoms with Gasteiger partial charge in [-0.1, -0.05) is 19.6 Å². The zero-order valence-electron chi connectivity index (χ0n) is 10.5. The fraction of sp³-hybridized carbons (Fsp3) is 0.429. The average Bonchev–Trinajstić information content (AvgIpc) is 2.37. The van der Waals surface area contributed by atoms with E-state index in [4.69, 9.17) is 14.6 Å². The van der Waals surface area contributed by atoms with E-state index in [-0.39, 0.29) is 6.61 Å². The lowest BCUT2D eigenvalue weighted by atomic mass is 10.2. The summed E-state index contributed by atoms with van der Waals surface area (Å²) in [5.41, 5.74) is 1.86. The smallest absolute Gasteiger partial charge is 0.161 e. The molecule has 0 atom stereocenters. The summed E-state index contributed by atoms with van der Waals surface area (Å²) >= 11 is 0. The van der Waals surface area contributed by atoms with Crippen molar-refractivity contribution in [3.63, 3.8) is 0 Å². The highest BCUT2D eigenvalue weighted by Crippen LogP contribution is 2.29. The van der Waals surface area contributed by atoms with Crippen LogP contribution >= 0.6 is 0 Å². The third-order valence-electron chi connectivity index (χ3n) is 2.42. The van der Waals surface area contributed by atoms with Gasteiger partial charge < -0.3 is 14.6 Å². The fourth-order valence-corrected chi connectivity index (χ4v) is 1.32. The van der Waals surface area contributed by atoms with E-state index in [1.807, 2.05) is 26.0 Å². The summed E-state index contributed by atoms with van der Waals surface area (Å²) in [6.45, 7) is 8.92. The summed E-state index contributed by atoms with van der Waals surface area (Å²) in [4.78, 5) is 0. The first-order chi connectivity index (χ1) is 8.21. The van der Waals surface area contributed by atoms with Gasteiger partial charge in [0.15, 0.2) is 11.5 Å². The van der Waals surface area contributed by atoms with Crippen molar-refractivity contribution in [2.24, 2.45) is 0 Å². The Morgan fingerprint density at radius 3 is 2.59 bits per heavy atom. The Hall–Kier alpha value is -1.48. The van der Waals surface area contributed by atoms with Crippen LogP contribution in [0.1, 0.15) is 25.8 Å². The topological polar surface area (TPSA) is 38.7 Å². The molecule has 1 rings (SSSR count). The number of aliphatic hydroxyl groups is 1. The molecular formula is C14H20O3. The maximum absolute atomic E-state index is 9.07. The van der Waals surface area contributed by atoms with Gasteiger partial charge in [-0.15, -0.1) is 0 Å². The predicted molar refractivity (Wildman–Crippen MR) is 68.5 cm³/mol. The molecule has 0 saturated heterocycles. The molecule has 0 aliphatic carbocycles. The van der Waals surface area contributed by atoms with Gasteiger partial charge in [-0.2, -0.15) is 0 Å². The van der Waals surface area contributed by atoms with Crippen molar-refractivity contribution in [2.75, 3.05) is 13.2 Å². The number of rotatable bonds is 7. The molecular weight excluding hydrogens is 216 g/mol. The van der Waals surface area contributed by atoms with E-state index >= 15 is 0 Å². The molecule has 0 heterocycles. The lowest BCUT2D eigenvalue weighted by Crippen LogP contribution is -2.03. The summed E-state index contributed by atoms with van der Waals surface area (Å²) in [5, 5.41) is 9.07. The van der Waals surface area contributed by atoms with Crippen LogP contribution < -0.4 is 9.47 Å². The van der Waals surface area contributed by atoms with Gasteiger partial charge >= 0.3 is 0 Å². The molecule has 0 saturated carbocycles. The van der Waals surface area contributed by atoms with Crippen molar-refractivity contribution in [1.29, 1.82) is 0 Å². The van der Waals surface area contributed by atoms with Gasteiger partial charge in [0.2, 0.25) is 0 Å². The van der Waals surface area contributed by atoms with Gasteiger partial charge in [0.25, 0.3) is 0 Å². The summed E-state index contributed by atoms with van der Waals surface area (Å²) < 4.78 is 11.1. The minimum absolute atomic E-state index is 0.00201. The largest absolute Gasteiger partial charge is 0.490 e. The van der Waals surface area contributed by atoms with Crippen LogP contribution in [-0.2, 0) is 6.61 Å². The van der Waals surface area contributed by atoms with Gasteiger partial charge in [0, 0.05) is 0 Å². The minimum Gasteiger partial charge on any atom is -0.490 e. The van der Waals surface area contributed by atoms with E-state index in [0.717, 1.165) is 17.6 Å². The molecule has 1 N–H and O–H groups in total.